The van der Waals surface area contributed by atoms with E-state index in [-0.39, 0.29) is 0 Å². The molecule has 0 atom stereocenters. The summed E-state index contributed by atoms with van der Waals surface area (Å²) in [6.07, 6.45) is 3.82. The number of piperidine rings is 1. The second kappa shape index (κ2) is 4.68. The number of anilines is 1. The Balaban J connectivity index is 1.85. The van der Waals surface area contributed by atoms with Crippen LogP contribution in [0.15, 0.2) is 12.3 Å². The number of pyridine rings is 1. The Bertz CT molecular complexity index is 447. The standard InChI is InChI=1S/C13H17ClN2O2/c1-10-12(14)11(3-5-15-10)16-6-2-4-13(9-16)17-7-8-18-13/h3,5H,2,4,6-9H2,1H3. The van der Waals surface area contributed by atoms with Gasteiger partial charge in [0.15, 0.2) is 5.79 Å². The monoisotopic (exact) mass is 268 g/mol. The van der Waals surface area contributed by atoms with Crippen LogP contribution < -0.4 is 4.90 Å². The molecule has 0 unspecified atom stereocenters. The van der Waals surface area contributed by atoms with Gasteiger partial charge >= 0.3 is 0 Å². The number of ether oxygens (including phenoxy) is 2. The predicted octanol–water partition coefficient (Wildman–Crippen LogP) is 2.39. The molecule has 3 rings (SSSR count). The van der Waals surface area contributed by atoms with E-state index in [1.165, 1.54) is 0 Å². The molecule has 0 aliphatic carbocycles. The van der Waals surface area contributed by atoms with Crippen molar-refractivity contribution in [3.8, 4) is 0 Å². The predicted molar refractivity (Wildman–Crippen MR) is 70.1 cm³/mol. The lowest BCUT2D eigenvalue weighted by molar-refractivity contribution is -0.161. The van der Waals surface area contributed by atoms with Crippen LogP contribution in [0.4, 0.5) is 5.69 Å². The minimum Gasteiger partial charge on any atom is -0.365 e. The zero-order valence-corrected chi connectivity index (χ0v) is 11.2. The maximum Gasteiger partial charge on any atom is 0.186 e. The summed E-state index contributed by atoms with van der Waals surface area (Å²) in [5, 5.41) is 0.729. The molecule has 1 spiro atoms. The topological polar surface area (TPSA) is 34.6 Å². The van der Waals surface area contributed by atoms with Crippen LogP contribution in [0.5, 0.6) is 0 Å². The summed E-state index contributed by atoms with van der Waals surface area (Å²) in [5.74, 6) is -0.418. The molecule has 1 aromatic heterocycles. The molecule has 1 aromatic rings. The summed E-state index contributed by atoms with van der Waals surface area (Å²) in [5.41, 5.74) is 1.89. The Labute approximate surface area is 112 Å². The van der Waals surface area contributed by atoms with Crippen LogP contribution in [0.1, 0.15) is 18.5 Å². The summed E-state index contributed by atoms with van der Waals surface area (Å²) in [4.78, 5) is 6.44. The quantitative estimate of drug-likeness (QED) is 0.783. The third-order valence-corrected chi connectivity index (χ3v) is 4.08. The van der Waals surface area contributed by atoms with Crippen LogP contribution in [0.3, 0.4) is 0 Å². The summed E-state index contributed by atoms with van der Waals surface area (Å²) >= 11 is 6.34. The molecule has 5 heteroatoms. The molecule has 2 aliphatic heterocycles. The zero-order chi connectivity index (χ0) is 12.6. The van der Waals surface area contributed by atoms with E-state index in [1.807, 2.05) is 13.0 Å². The van der Waals surface area contributed by atoms with Crippen LogP contribution in [0.25, 0.3) is 0 Å². The number of hydrogen-bond acceptors (Lipinski definition) is 4. The molecule has 0 saturated carbocycles. The molecule has 0 radical (unpaired) electrons. The number of halogens is 1. The lowest BCUT2D eigenvalue weighted by Gasteiger charge is -2.40. The summed E-state index contributed by atoms with van der Waals surface area (Å²) in [7, 11) is 0. The van der Waals surface area contributed by atoms with Crippen molar-refractivity contribution in [2.45, 2.75) is 25.6 Å². The van der Waals surface area contributed by atoms with Crippen LogP contribution >= 0.6 is 11.6 Å². The van der Waals surface area contributed by atoms with E-state index in [4.69, 9.17) is 21.1 Å². The average molecular weight is 269 g/mol. The van der Waals surface area contributed by atoms with E-state index in [0.29, 0.717) is 13.2 Å². The van der Waals surface area contributed by atoms with Gasteiger partial charge in [0, 0.05) is 19.2 Å². The first kappa shape index (κ1) is 12.2. The second-order valence-electron chi connectivity index (χ2n) is 4.86. The molecule has 2 saturated heterocycles. The second-order valence-corrected chi connectivity index (χ2v) is 5.24. The van der Waals surface area contributed by atoms with E-state index >= 15 is 0 Å². The molecule has 18 heavy (non-hydrogen) atoms. The highest BCUT2D eigenvalue weighted by Gasteiger charge is 2.41. The molecule has 98 valence electrons. The maximum atomic E-state index is 6.34. The molecule has 0 N–H and O–H groups in total. The van der Waals surface area contributed by atoms with E-state index < -0.39 is 5.79 Å². The number of nitrogens with zero attached hydrogens (tertiary/aromatic N) is 2. The van der Waals surface area contributed by atoms with Gasteiger partial charge in [-0.25, -0.2) is 0 Å². The Morgan fingerprint density at radius 1 is 1.39 bits per heavy atom. The molecule has 2 aliphatic rings. The van der Waals surface area contributed by atoms with Crippen LogP contribution in [-0.2, 0) is 9.47 Å². The molecule has 0 bridgehead atoms. The van der Waals surface area contributed by atoms with Gasteiger partial charge in [-0.1, -0.05) is 11.6 Å². The fraction of sp³-hybridized carbons (Fsp3) is 0.615. The third kappa shape index (κ3) is 2.09. The largest absolute Gasteiger partial charge is 0.365 e. The highest BCUT2D eigenvalue weighted by atomic mass is 35.5. The Kier molecular flexibility index (Phi) is 3.18. The van der Waals surface area contributed by atoms with Crippen molar-refractivity contribution >= 4 is 17.3 Å². The van der Waals surface area contributed by atoms with Gasteiger partial charge in [-0.2, -0.15) is 0 Å². The molecule has 2 fully saturated rings. The zero-order valence-electron chi connectivity index (χ0n) is 10.5. The van der Waals surface area contributed by atoms with Crippen LogP contribution in [0, 0.1) is 6.92 Å². The number of hydrogen-bond donors (Lipinski definition) is 0. The van der Waals surface area contributed by atoms with Gasteiger partial charge in [0.25, 0.3) is 0 Å². The van der Waals surface area contributed by atoms with Gasteiger partial charge in [0.1, 0.15) is 0 Å². The fourth-order valence-corrected chi connectivity index (χ4v) is 2.94. The lowest BCUT2D eigenvalue weighted by Crippen LogP contribution is -2.49. The molecule has 4 nitrogen and oxygen atoms in total. The summed E-state index contributed by atoms with van der Waals surface area (Å²) in [6, 6.07) is 1.96. The van der Waals surface area contributed by atoms with Gasteiger partial charge < -0.3 is 14.4 Å². The Hall–Kier alpha value is -0.840. The minimum atomic E-state index is -0.418. The molecule has 3 heterocycles. The van der Waals surface area contributed by atoms with Crippen molar-refractivity contribution in [1.29, 1.82) is 0 Å². The number of aryl methyl sites for hydroxylation is 1. The molecular weight excluding hydrogens is 252 g/mol. The fourth-order valence-electron chi connectivity index (χ4n) is 2.71. The van der Waals surface area contributed by atoms with Gasteiger partial charge in [-0.05, 0) is 19.4 Å². The highest BCUT2D eigenvalue weighted by molar-refractivity contribution is 6.33. The van der Waals surface area contributed by atoms with Crippen molar-refractivity contribution < 1.29 is 9.47 Å². The smallest absolute Gasteiger partial charge is 0.186 e. The van der Waals surface area contributed by atoms with E-state index in [2.05, 4.69) is 9.88 Å². The van der Waals surface area contributed by atoms with Crippen molar-refractivity contribution in [3.63, 3.8) is 0 Å². The Morgan fingerprint density at radius 3 is 2.94 bits per heavy atom. The SMILES string of the molecule is Cc1nccc(N2CCCC3(C2)OCCO3)c1Cl. The van der Waals surface area contributed by atoms with Crippen LogP contribution in [-0.4, -0.2) is 37.1 Å². The summed E-state index contributed by atoms with van der Waals surface area (Å²) in [6.45, 7) is 5.04. The number of aromatic nitrogens is 1. The minimum absolute atomic E-state index is 0.418. The van der Waals surface area contributed by atoms with Gasteiger partial charge in [-0.3, -0.25) is 4.98 Å². The van der Waals surface area contributed by atoms with E-state index in [9.17, 15) is 0 Å². The molecular formula is C13H17ClN2O2. The van der Waals surface area contributed by atoms with E-state index in [1.54, 1.807) is 6.20 Å². The Morgan fingerprint density at radius 2 is 2.17 bits per heavy atom. The normalized spacial score (nSPS) is 22.7. The van der Waals surface area contributed by atoms with Crippen molar-refractivity contribution in [1.82, 2.24) is 4.98 Å². The highest BCUT2D eigenvalue weighted by Crippen LogP contribution is 2.35. The van der Waals surface area contributed by atoms with Gasteiger partial charge in [0.2, 0.25) is 0 Å². The first-order valence-corrected chi connectivity index (χ1v) is 6.72. The van der Waals surface area contributed by atoms with Crippen molar-refractivity contribution in [2.75, 3.05) is 31.2 Å². The van der Waals surface area contributed by atoms with Gasteiger partial charge in [-0.15, -0.1) is 0 Å². The molecule has 0 amide bonds. The third-order valence-electron chi connectivity index (χ3n) is 3.61. The maximum absolute atomic E-state index is 6.34. The first-order valence-electron chi connectivity index (χ1n) is 6.34. The number of rotatable bonds is 1. The van der Waals surface area contributed by atoms with Gasteiger partial charge in [0.05, 0.1) is 36.2 Å². The first-order chi connectivity index (χ1) is 8.70. The lowest BCUT2D eigenvalue weighted by atomic mass is 10.0. The van der Waals surface area contributed by atoms with Crippen molar-refractivity contribution in [3.05, 3.63) is 23.0 Å². The van der Waals surface area contributed by atoms with Crippen LogP contribution in [0.2, 0.25) is 5.02 Å². The summed E-state index contributed by atoms with van der Waals surface area (Å²) < 4.78 is 11.6. The van der Waals surface area contributed by atoms with Crippen molar-refractivity contribution in [2.24, 2.45) is 0 Å². The molecule has 0 aromatic carbocycles. The average Bonchev–Trinajstić information content (AvgIpc) is 2.81. The van der Waals surface area contributed by atoms with E-state index in [0.717, 1.165) is 42.3 Å².